The van der Waals surface area contributed by atoms with E-state index in [0.29, 0.717) is 6.42 Å². The second-order valence-corrected chi connectivity index (χ2v) is 9.40. The zero-order valence-corrected chi connectivity index (χ0v) is 11.9. The predicted octanol–water partition coefficient (Wildman–Crippen LogP) is 4.26. The van der Waals surface area contributed by atoms with Gasteiger partial charge in [0, 0.05) is 6.42 Å². The Morgan fingerprint density at radius 3 is 2.38 bits per heavy atom. The molecule has 3 heteroatoms. The highest BCUT2D eigenvalue weighted by Gasteiger charge is 2.36. The van der Waals surface area contributed by atoms with Gasteiger partial charge >= 0.3 is 0 Å². The molecule has 0 atom stereocenters. The molecule has 94 valence electrons. The summed E-state index contributed by atoms with van der Waals surface area (Å²) in [6.07, 6.45) is 9.20. The standard InChI is InChI=1S/C13H26O2Si/c1-3-4-5-6-7-10-13(14)15-16(2)11-8-9-12-16/h3-12H2,1-2H3. The average Bonchev–Trinajstić information content (AvgIpc) is 2.64. The molecule has 2 nitrogen and oxygen atoms in total. The van der Waals surface area contributed by atoms with Gasteiger partial charge in [0.2, 0.25) is 0 Å². The summed E-state index contributed by atoms with van der Waals surface area (Å²) in [5.41, 5.74) is 0. The number of hydrogen-bond acceptors (Lipinski definition) is 2. The molecule has 1 fully saturated rings. The molecule has 16 heavy (non-hydrogen) atoms. The van der Waals surface area contributed by atoms with Crippen molar-refractivity contribution in [1.82, 2.24) is 0 Å². The smallest absolute Gasteiger partial charge is 0.292 e. The van der Waals surface area contributed by atoms with Gasteiger partial charge in [-0.3, -0.25) is 4.79 Å². The van der Waals surface area contributed by atoms with Gasteiger partial charge in [-0.25, -0.2) is 0 Å². The largest absolute Gasteiger partial charge is 0.519 e. The first-order valence-corrected chi connectivity index (χ1v) is 9.70. The molecule has 1 aliphatic rings. The van der Waals surface area contributed by atoms with Crippen molar-refractivity contribution in [3.05, 3.63) is 0 Å². The van der Waals surface area contributed by atoms with E-state index in [0.717, 1.165) is 6.42 Å². The first-order valence-electron chi connectivity index (χ1n) is 6.88. The third kappa shape index (κ3) is 5.15. The summed E-state index contributed by atoms with van der Waals surface area (Å²) >= 11 is 0. The monoisotopic (exact) mass is 242 g/mol. The highest BCUT2D eigenvalue weighted by Crippen LogP contribution is 2.31. The van der Waals surface area contributed by atoms with Crippen molar-refractivity contribution in [3.63, 3.8) is 0 Å². The van der Waals surface area contributed by atoms with Crippen LogP contribution in [0.25, 0.3) is 0 Å². The Bertz CT molecular complexity index is 210. The fourth-order valence-corrected chi connectivity index (χ4v) is 5.53. The summed E-state index contributed by atoms with van der Waals surface area (Å²) in [5.74, 6) is 0.0764. The van der Waals surface area contributed by atoms with Crippen molar-refractivity contribution < 1.29 is 9.22 Å². The Kier molecular flexibility index (Phi) is 6.10. The van der Waals surface area contributed by atoms with Gasteiger partial charge in [-0.2, -0.15) is 0 Å². The van der Waals surface area contributed by atoms with Crippen LogP contribution in [0.1, 0.15) is 58.3 Å². The number of hydrogen-bond donors (Lipinski definition) is 0. The summed E-state index contributed by atoms with van der Waals surface area (Å²) in [4.78, 5) is 11.6. The minimum atomic E-state index is -1.57. The second-order valence-electron chi connectivity index (χ2n) is 5.30. The van der Waals surface area contributed by atoms with E-state index in [1.54, 1.807) is 0 Å². The van der Waals surface area contributed by atoms with E-state index in [-0.39, 0.29) is 5.97 Å². The highest BCUT2D eigenvalue weighted by molar-refractivity contribution is 6.74. The number of carbonyl (C=O) groups is 1. The molecule has 1 aliphatic heterocycles. The lowest BCUT2D eigenvalue weighted by molar-refractivity contribution is -0.135. The molecule has 1 heterocycles. The maximum Gasteiger partial charge on any atom is 0.292 e. The van der Waals surface area contributed by atoms with Crippen LogP contribution >= 0.6 is 0 Å². The lowest BCUT2D eigenvalue weighted by Gasteiger charge is -2.21. The zero-order valence-electron chi connectivity index (χ0n) is 10.9. The van der Waals surface area contributed by atoms with Crippen molar-refractivity contribution >= 4 is 14.3 Å². The van der Waals surface area contributed by atoms with Crippen LogP contribution in [-0.2, 0) is 9.22 Å². The first kappa shape index (κ1) is 13.8. The highest BCUT2D eigenvalue weighted by atomic mass is 28.4. The van der Waals surface area contributed by atoms with Crippen LogP contribution in [0.2, 0.25) is 18.6 Å². The second kappa shape index (κ2) is 7.10. The van der Waals surface area contributed by atoms with Crippen LogP contribution in [0.4, 0.5) is 0 Å². The number of unbranched alkanes of at least 4 members (excludes halogenated alkanes) is 4. The van der Waals surface area contributed by atoms with Crippen LogP contribution in [0.5, 0.6) is 0 Å². The first-order chi connectivity index (χ1) is 7.66. The van der Waals surface area contributed by atoms with E-state index >= 15 is 0 Å². The van der Waals surface area contributed by atoms with Crippen LogP contribution in [0.3, 0.4) is 0 Å². The fraction of sp³-hybridized carbons (Fsp3) is 0.923. The molecule has 0 bridgehead atoms. The van der Waals surface area contributed by atoms with Crippen molar-refractivity contribution in [2.45, 2.75) is 76.9 Å². The van der Waals surface area contributed by atoms with Crippen LogP contribution in [0.15, 0.2) is 0 Å². The van der Waals surface area contributed by atoms with E-state index in [1.165, 1.54) is 50.6 Å². The molecule has 0 aromatic rings. The molecule has 1 saturated heterocycles. The molecule has 0 amide bonds. The zero-order chi connectivity index (χ0) is 11.9. The lowest BCUT2D eigenvalue weighted by Crippen LogP contribution is -2.33. The van der Waals surface area contributed by atoms with Crippen molar-refractivity contribution in [2.75, 3.05) is 0 Å². The minimum Gasteiger partial charge on any atom is -0.519 e. The quantitative estimate of drug-likeness (QED) is 0.492. The van der Waals surface area contributed by atoms with Gasteiger partial charge in [0.05, 0.1) is 0 Å². The Labute approximate surface area is 101 Å². The Balaban J connectivity index is 2.06. The third-order valence-electron chi connectivity index (χ3n) is 3.51. The molecule has 0 radical (unpaired) electrons. The normalized spacial score (nSPS) is 18.6. The average molecular weight is 242 g/mol. The van der Waals surface area contributed by atoms with Crippen molar-refractivity contribution in [3.8, 4) is 0 Å². The van der Waals surface area contributed by atoms with Gasteiger partial charge in [0.1, 0.15) is 0 Å². The fourth-order valence-electron chi connectivity index (χ4n) is 2.42. The Hall–Kier alpha value is -0.313. The van der Waals surface area contributed by atoms with Gasteiger partial charge in [0.25, 0.3) is 14.3 Å². The van der Waals surface area contributed by atoms with Gasteiger partial charge < -0.3 is 4.43 Å². The summed E-state index contributed by atoms with van der Waals surface area (Å²) in [6.45, 7) is 4.43. The minimum absolute atomic E-state index is 0.0764. The maximum atomic E-state index is 11.6. The summed E-state index contributed by atoms with van der Waals surface area (Å²) in [7, 11) is -1.57. The van der Waals surface area contributed by atoms with E-state index in [1.807, 2.05) is 0 Å². The molecular formula is C13H26O2Si. The molecule has 1 rings (SSSR count). The van der Waals surface area contributed by atoms with Crippen molar-refractivity contribution in [1.29, 1.82) is 0 Å². The predicted molar refractivity (Wildman–Crippen MR) is 69.9 cm³/mol. The number of carbonyl (C=O) groups excluding carboxylic acids is 1. The molecular weight excluding hydrogens is 216 g/mol. The third-order valence-corrected chi connectivity index (χ3v) is 7.05. The summed E-state index contributed by atoms with van der Waals surface area (Å²) in [6, 6.07) is 2.38. The SMILES string of the molecule is CCCCCCCC(=O)O[Si]1(C)CCCC1. The Morgan fingerprint density at radius 2 is 1.75 bits per heavy atom. The summed E-state index contributed by atoms with van der Waals surface area (Å²) < 4.78 is 5.71. The van der Waals surface area contributed by atoms with E-state index in [4.69, 9.17) is 4.43 Å². The summed E-state index contributed by atoms with van der Waals surface area (Å²) in [5, 5.41) is 0. The molecule has 0 spiro atoms. The van der Waals surface area contributed by atoms with Gasteiger partial charge in [-0.05, 0) is 25.1 Å². The van der Waals surface area contributed by atoms with Crippen LogP contribution in [-0.4, -0.2) is 14.3 Å². The lowest BCUT2D eigenvalue weighted by atomic mass is 10.1. The van der Waals surface area contributed by atoms with Gasteiger partial charge in [0.15, 0.2) is 0 Å². The molecule has 0 unspecified atom stereocenters. The molecule has 0 N–H and O–H groups in total. The molecule has 0 aromatic heterocycles. The molecule has 0 saturated carbocycles. The topological polar surface area (TPSA) is 26.3 Å². The Morgan fingerprint density at radius 1 is 1.12 bits per heavy atom. The van der Waals surface area contributed by atoms with Gasteiger partial charge in [-0.1, -0.05) is 45.4 Å². The van der Waals surface area contributed by atoms with Crippen LogP contribution < -0.4 is 0 Å². The van der Waals surface area contributed by atoms with Crippen molar-refractivity contribution in [2.24, 2.45) is 0 Å². The van der Waals surface area contributed by atoms with E-state index in [2.05, 4.69) is 13.5 Å². The molecule has 0 aliphatic carbocycles. The number of rotatable bonds is 7. The molecule has 0 aromatic carbocycles. The van der Waals surface area contributed by atoms with E-state index in [9.17, 15) is 4.79 Å². The van der Waals surface area contributed by atoms with Crippen LogP contribution in [0, 0.1) is 0 Å². The van der Waals surface area contributed by atoms with E-state index < -0.39 is 8.32 Å². The maximum absolute atomic E-state index is 11.6. The van der Waals surface area contributed by atoms with Gasteiger partial charge in [-0.15, -0.1) is 0 Å².